The highest BCUT2D eigenvalue weighted by molar-refractivity contribution is 6.09. The average Bonchev–Trinajstić information content (AvgIpc) is 2.68. The summed E-state index contributed by atoms with van der Waals surface area (Å²) in [5.74, 6) is -1.45. The van der Waals surface area contributed by atoms with Crippen LogP contribution in [0.1, 0.15) is 12.8 Å². The van der Waals surface area contributed by atoms with Crippen LogP contribution in [0.3, 0.4) is 0 Å². The van der Waals surface area contributed by atoms with Gasteiger partial charge < -0.3 is 14.7 Å². The van der Waals surface area contributed by atoms with Crippen LogP contribution in [0, 0.1) is 0 Å². The molecule has 154 valence electrons. The van der Waals surface area contributed by atoms with E-state index in [1.807, 2.05) is 11.0 Å². The number of benzene rings is 1. The number of carbonyl (C=O) groups is 4. The second-order valence-electron chi connectivity index (χ2n) is 7.30. The Balaban J connectivity index is 1.58. The van der Waals surface area contributed by atoms with Gasteiger partial charge in [0.1, 0.15) is 6.04 Å². The van der Waals surface area contributed by atoms with Crippen LogP contribution in [-0.2, 0) is 19.2 Å². The van der Waals surface area contributed by atoms with Gasteiger partial charge >= 0.3 is 5.97 Å². The van der Waals surface area contributed by atoms with Crippen molar-refractivity contribution in [3.63, 3.8) is 0 Å². The minimum Gasteiger partial charge on any atom is -0.480 e. The molecule has 3 aliphatic heterocycles. The molecule has 3 heterocycles. The first-order chi connectivity index (χ1) is 13.9. The molecule has 0 bridgehead atoms. The van der Waals surface area contributed by atoms with Crippen molar-refractivity contribution in [2.75, 3.05) is 49.1 Å². The van der Waals surface area contributed by atoms with Crippen molar-refractivity contribution in [2.24, 2.45) is 0 Å². The molecular weight excluding hydrogens is 380 g/mol. The zero-order chi connectivity index (χ0) is 20.5. The first kappa shape index (κ1) is 19.2. The number of hydrogen-bond acceptors (Lipinski definition) is 7. The lowest BCUT2D eigenvalue weighted by Gasteiger charge is -2.40. The summed E-state index contributed by atoms with van der Waals surface area (Å²) in [7, 11) is 0. The monoisotopic (exact) mass is 402 g/mol. The molecule has 0 saturated carbocycles. The number of hydrogen-bond donors (Lipinski definition) is 2. The van der Waals surface area contributed by atoms with Crippen LogP contribution < -0.4 is 19.9 Å². The zero-order valence-electron chi connectivity index (χ0n) is 15.8. The quantitative estimate of drug-likeness (QED) is 0.643. The Kier molecular flexibility index (Phi) is 5.10. The maximum absolute atomic E-state index is 12.6. The second-order valence-corrected chi connectivity index (χ2v) is 7.30. The SMILES string of the molecule is O=C(O)CN1CCN(c2cccc3c2OCC(=O)N3C2CCC(=O)NC2=O)CC1. The van der Waals surface area contributed by atoms with Crippen molar-refractivity contribution in [1.82, 2.24) is 10.2 Å². The largest absolute Gasteiger partial charge is 0.480 e. The summed E-state index contributed by atoms with van der Waals surface area (Å²) in [5, 5.41) is 11.3. The second kappa shape index (κ2) is 7.70. The number of piperidine rings is 1. The number of carboxylic acid groups (broad SMARTS) is 1. The van der Waals surface area contributed by atoms with Gasteiger partial charge in [-0.15, -0.1) is 0 Å². The number of piperazine rings is 1. The fourth-order valence-corrected chi connectivity index (χ4v) is 4.05. The number of carboxylic acids is 1. The van der Waals surface area contributed by atoms with Gasteiger partial charge in [-0.25, -0.2) is 0 Å². The maximum atomic E-state index is 12.6. The summed E-state index contributed by atoms with van der Waals surface area (Å²) in [5.41, 5.74) is 1.32. The van der Waals surface area contributed by atoms with Gasteiger partial charge in [0, 0.05) is 32.6 Å². The van der Waals surface area contributed by atoms with Crippen LogP contribution in [0.5, 0.6) is 5.75 Å². The van der Waals surface area contributed by atoms with E-state index in [1.165, 1.54) is 4.90 Å². The van der Waals surface area contributed by atoms with Gasteiger partial charge in [-0.05, 0) is 18.6 Å². The number of amides is 3. The van der Waals surface area contributed by atoms with Crippen LogP contribution in [-0.4, -0.2) is 79.1 Å². The Bertz CT molecular complexity index is 864. The van der Waals surface area contributed by atoms with Gasteiger partial charge in [0.15, 0.2) is 12.4 Å². The number of rotatable bonds is 4. The standard InChI is InChI=1S/C19H22N4O6/c24-15-5-4-14(19(28)20-15)23-13-3-1-2-12(18(13)29-11-16(23)25)22-8-6-21(7-9-22)10-17(26)27/h1-3,14H,4-11H2,(H,26,27)(H,20,24,28). The molecule has 4 rings (SSSR count). The highest BCUT2D eigenvalue weighted by Crippen LogP contribution is 2.42. The molecule has 1 aromatic carbocycles. The summed E-state index contributed by atoms with van der Waals surface area (Å²) in [4.78, 5) is 52.7. The predicted octanol–water partition coefficient (Wildman–Crippen LogP) is -0.576. The third-order valence-electron chi connectivity index (χ3n) is 5.44. The van der Waals surface area contributed by atoms with Crippen LogP contribution in [0.15, 0.2) is 18.2 Å². The van der Waals surface area contributed by atoms with Gasteiger partial charge in [-0.2, -0.15) is 0 Å². The van der Waals surface area contributed by atoms with E-state index in [4.69, 9.17) is 9.84 Å². The predicted molar refractivity (Wildman–Crippen MR) is 102 cm³/mol. The average molecular weight is 402 g/mol. The fraction of sp³-hybridized carbons (Fsp3) is 0.474. The first-order valence-electron chi connectivity index (χ1n) is 9.54. The number of para-hydroxylation sites is 1. The number of carbonyl (C=O) groups excluding carboxylic acids is 3. The number of imide groups is 1. The van der Waals surface area contributed by atoms with Crippen molar-refractivity contribution >= 4 is 35.1 Å². The van der Waals surface area contributed by atoms with Crippen molar-refractivity contribution in [3.8, 4) is 5.75 Å². The van der Waals surface area contributed by atoms with Crippen LogP contribution >= 0.6 is 0 Å². The summed E-state index contributed by atoms with van der Waals surface area (Å²) in [6.45, 7) is 2.28. The third-order valence-corrected chi connectivity index (χ3v) is 5.44. The molecule has 0 aromatic heterocycles. The molecule has 3 amide bonds. The lowest BCUT2D eigenvalue weighted by atomic mass is 10.0. The highest BCUT2D eigenvalue weighted by Gasteiger charge is 2.40. The van der Waals surface area contributed by atoms with E-state index in [2.05, 4.69) is 10.2 Å². The molecule has 29 heavy (non-hydrogen) atoms. The van der Waals surface area contributed by atoms with E-state index in [9.17, 15) is 19.2 Å². The van der Waals surface area contributed by atoms with Gasteiger partial charge in [0.25, 0.3) is 5.91 Å². The van der Waals surface area contributed by atoms with Gasteiger partial charge in [-0.1, -0.05) is 6.07 Å². The Morgan fingerprint density at radius 1 is 1.14 bits per heavy atom. The smallest absolute Gasteiger partial charge is 0.317 e. The number of nitrogens with one attached hydrogen (secondary N) is 1. The maximum Gasteiger partial charge on any atom is 0.317 e. The summed E-state index contributed by atoms with van der Waals surface area (Å²) in [6, 6.07) is 4.69. The lowest BCUT2D eigenvalue weighted by molar-refractivity contribution is -0.138. The number of ether oxygens (including phenoxy) is 1. The Morgan fingerprint density at radius 3 is 2.55 bits per heavy atom. The molecule has 0 aliphatic carbocycles. The fourth-order valence-electron chi connectivity index (χ4n) is 4.05. The van der Waals surface area contributed by atoms with Gasteiger partial charge in [-0.3, -0.25) is 34.3 Å². The van der Waals surface area contributed by atoms with Crippen LogP contribution in [0.25, 0.3) is 0 Å². The Labute approximate surface area is 167 Å². The minimum absolute atomic E-state index is 0.00896. The van der Waals surface area contributed by atoms with E-state index in [-0.39, 0.29) is 37.8 Å². The topological polar surface area (TPSA) is 119 Å². The molecule has 2 N–H and O–H groups in total. The van der Waals surface area contributed by atoms with Crippen LogP contribution in [0.4, 0.5) is 11.4 Å². The zero-order valence-corrected chi connectivity index (χ0v) is 15.8. The summed E-state index contributed by atoms with van der Waals surface area (Å²) < 4.78 is 5.75. The lowest BCUT2D eigenvalue weighted by Crippen LogP contribution is -2.56. The number of fused-ring (bicyclic) bond motifs is 1. The minimum atomic E-state index is -0.850. The van der Waals surface area contributed by atoms with Crippen molar-refractivity contribution in [2.45, 2.75) is 18.9 Å². The molecule has 3 aliphatic rings. The summed E-state index contributed by atoms with van der Waals surface area (Å²) >= 11 is 0. The van der Waals surface area contributed by atoms with E-state index >= 15 is 0 Å². The number of anilines is 2. The highest BCUT2D eigenvalue weighted by atomic mass is 16.5. The van der Waals surface area contributed by atoms with Crippen LogP contribution in [0.2, 0.25) is 0 Å². The van der Waals surface area contributed by atoms with Crippen molar-refractivity contribution < 1.29 is 29.0 Å². The number of nitrogens with zero attached hydrogens (tertiary/aromatic N) is 3. The van der Waals surface area contributed by atoms with E-state index in [0.29, 0.717) is 37.6 Å². The molecule has 2 saturated heterocycles. The Hall–Kier alpha value is -3.14. The van der Waals surface area contributed by atoms with E-state index < -0.39 is 17.9 Å². The van der Waals surface area contributed by atoms with Crippen molar-refractivity contribution in [3.05, 3.63) is 18.2 Å². The van der Waals surface area contributed by atoms with Gasteiger partial charge in [0.2, 0.25) is 11.8 Å². The molecule has 10 heteroatoms. The molecule has 2 fully saturated rings. The van der Waals surface area contributed by atoms with E-state index in [1.54, 1.807) is 12.1 Å². The number of aliphatic carboxylic acids is 1. The molecule has 0 radical (unpaired) electrons. The Morgan fingerprint density at radius 2 is 1.86 bits per heavy atom. The van der Waals surface area contributed by atoms with E-state index in [0.717, 1.165) is 5.69 Å². The normalized spacial score (nSPS) is 22.8. The molecule has 10 nitrogen and oxygen atoms in total. The summed E-state index contributed by atoms with van der Waals surface area (Å²) in [6.07, 6.45) is 0.454. The molecule has 1 aromatic rings. The van der Waals surface area contributed by atoms with Crippen molar-refractivity contribution in [1.29, 1.82) is 0 Å². The first-order valence-corrected chi connectivity index (χ1v) is 9.54. The molecule has 1 unspecified atom stereocenters. The molecule has 0 spiro atoms. The molecule has 1 atom stereocenters. The third kappa shape index (κ3) is 3.75. The van der Waals surface area contributed by atoms with Gasteiger partial charge in [0.05, 0.1) is 17.9 Å². The molecular formula is C19H22N4O6.